The lowest BCUT2D eigenvalue weighted by atomic mass is 9.79. The zero-order valence-electron chi connectivity index (χ0n) is 11.5. The molecule has 104 valence electrons. The highest BCUT2D eigenvalue weighted by Gasteiger charge is 2.26. The Hall–Kier alpha value is -1.71. The van der Waals surface area contributed by atoms with E-state index in [4.69, 9.17) is 5.73 Å². The molecular formula is C15H22N2O2. The summed E-state index contributed by atoms with van der Waals surface area (Å²) in [5.41, 5.74) is 7.25. The molecule has 3 atom stereocenters. The summed E-state index contributed by atoms with van der Waals surface area (Å²) in [7, 11) is 0. The molecule has 0 heterocycles. The molecule has 0 spiro atoms. The van der Waals surface area contributed by atoms with Crippen molar-refractivity contribution in [3.05, 3.63) is 23.8 Å². The lowest BCUT2D eigenvalue weighted by molar-refractivity contribution is 0.0698. The average Bonchev–Trinajstić information content (AvgIpc) is 2.34. The fourth-order valence-electron chi connectivity index (χ4n) is 2.97. The molecule has 0 saturated heterocycles. The molecular weight excluding hydrogens is 240 g/mol. The van der Waals surface area contributed by atoms with Gasteiger partial charge >= 0.3 is 5.97 Å². The fourth-order valence-corrected chi connectivity index (χ4v) is 2.97. The summed E-state index contributed by atoms with van der Waals surface area (Å²) in [6, 6.07) is 5.32. The van der Waals surface area contributed by atoms with Crippen LogP contribution in [0.25, 0.3) is 0 Å². The Morgan fingerprint density at radius 3 is 2.74 bits per heavy atom. The molecule has 1 aliphatic rings. The quantitative estimate of drug-likeness (QED) is 0.731. The first-order valence-electron chi connectivity index (χ1n) is 6.87. The molecule has 1 aliphatic carbocycles. The van der Waals surface area contributed by atoms with Crippen molar-refractivity contribution < 1.29 is 9.90 Å². The third-order valence-electron chi connectivity index (χ3n) is 4.09. The van der Waals surface area contributed by atoms with Crippen LogP contribution in [0.3, 0.4) is 0 Å². The molecule has 1 aromatic carbocycles. The number of rotatable bonds is 3. The number of carboxylic acids is 1. The number of nitrogens with one attached hydrogen (secondary N) is 1. The maximum Gasteiger partial charge on any atom is 0.337 e. The first-order valence-corrected chi connectivity index (χ1v) is 6.87. The Labute approximate surface area is 114 Å². The molecule has 0 aliphatic heterocycles. The largest absolute Gasteiger partial charge is 0.478 e. The number of nitrogens with two attached hydrogens (primary N) is 1. The number of carbonyl (C=O) groups is 1. The highest BCUT2D eigenvalue weighted by atomic mass is 16.4. The van der Waals surface area contributed by atoms with Crippen molar-refractivity contribution in [2.45, 2.75) is 39.2 Å². The Bertz CT molecular complexity index is 473. The SMILES string of the molecule is CC1CCC(Nc2c(N)cccc2C(=O)O)C(C)C1. The lowest BCUT2D eigenvalue weighted by Gasteiger charge is -2.34. The molecule has 0 radical (unpaired) electrons. The van der Waals surface area contributed by atoms with Crippen molar-refractivity contribution in [3.8, 4) is 0 Å². The first kappa shape index (κ1) is 13.7. The molecule has 1 aromatic rings. The van der Waals surface area contributed by atoms with E-state index in [2.05, 4.69) is 19.2 Å². The first-order chi connectivity index (χ1) is 8.99. The van der Waals surface area contributed by atoms with Crippen molar-refractivity contribution in [1.29, 1.82) is 0 Å². The second-order valence-electron chi connectivity index (χ2n) is 5.72. The summed E-state index contributed by atoms with van der Waals surface area (Å²) in [5, 5.41) is 12.6. The molecule has 3 unspecified atom stereocenters. The number of anilines is 2. The summed E-state index contributed by atoms with van der Waals surface area (Å²) >= 11 is 0. The summed E-state index contributed by atoms with van der Waals surface area (Å²) in [6.07, 6.45) is 3.42. The van der Waals surface area contributed by atoms with Gasteiger partial charge in [-0.3, -0.25) is 0 Å². The summed E-state index contributed by atoms with van der Waals surface area (Å²) in [5.74, 6) is 0.344. The van der Waals surface area contributed by atoms with Crippen LogP contribution in [0.2, 0.25) is 0 Å². The van der Waals surface area contributed by atoms with Crippen molar-refractivity contribution in [1.82, 2.24) is 0 Å². The van der Waals surface area contributed by atoms with Gasteiger partial charge in [-0.05, 0) is 43.2 Å². The van der Waals surface area contributed by atoms with Crippen LogP contribution in [0.1, 0.15) is 43.5 Å². The van der Waals surface area contributed by atoms with E-state index in [0.717, 1.165) is 12.3 Å². The van der Waals surface area contributed by atoms with Gasteiger partial charge in [-0.1, -0.05) is 19.9 Å². The smallest absolute Gasteiger partial charge is 0.337 e. The van der Waals surface area contributed by atoms with Crippen LogP contribution in [0, 0.1) is 11.8 Å². The Balaban J connectivity index is 2.21. The minimum absolute atomic E-state index is 0.255. The predicted molar refractivity (Wildman–Crippen MR) is 77.4 cm³/mol. The van der Waals surface area contributed by atoms with Crippen molar-refractivity contribution in [2.75, 3.05) is 11.1 Å². The van der Waals surface area contributed by atoms with Gasteiger partial charge in [0, 0.05) is 6.04 Å². The van der Waals surface area contributed by atoms with Gasteiger partial charge in [0.1, 0.15) is 0 Å². The molecule has 4 heteroatoms. The summed E-state index contributed by atoms with van der Waals surface area (Å²) < 4.78 is 0. The minimum Gasteiger partial charge on any atom is -0.478 e. The Morgan fingerprint density at radius 1 is 1.37 bits per heavy atom. The van der Waals surface area contributed by atoms with Gasteiger partial charge in [0.15, 0.2) is 0 Å². The van der Waals surface area contributed by atoms with Gasteiger partial charge in [-0.2, -0.15) is 0 Å². The molecule has 0 aromatic heterocycles. The van der Waals surface area contributed by atoms with Crippen molar-refractivity contribution >= 4 is 17.3 Å². The Morgan fingerprint density at radius 2 is 2.11 bits per heavy atom. The lowest BCUT2D eigenvalue weighted by Crippen LogP contribution is -2.33. The van der Waals surface area contributed by atoms with Crippen LogP contribution in [-0.2, 0) is 0 Å². The number of para-hydroxylation sites is 1. The maximum atomic E-state index is 11.3. The van der Waals surface area contributed by atoms with Crippen LogP contribution < -0.4 is 11.1 Å². The molecule has 1 fully saturated rings. The topological polar surface area (TPSA) is 75.3 Å². The summed E-state index contributed by atoms with van der Waals surface area (Å²) in [6.45, 7) is 4.49. The number of carboxylic acid groups (broad SMARTS) is 1. The molecule has 1 saturated carbocycles. The molecule has 19 heavy (non-hydrogen) atoms. The maximum absolute atomic E-state index is 11.3. The highest BCUT2D eigenvalue weighted by Crippen LogP contribution is 2.33. The molecule has 2 rings (SSSR count). The van der Waals surface area contributed by atoms with Crippen LogP contribution in [0.5, 0.6) is 0 Å². The number of nitrogen functional groups attached to an aromatic ring is 1. The fraction of sp³-hybridized carbons (Fsp3) is 0.533. The van der Waals surface area contributed by atoms with E-state index in [9.17, 15) is 9.90 Å². The average molecular weight is 262 g/mol. The van der Waals surface area contributed by atoms with Gasteiger partial charge in [0.2, 0.25) is 0 Å². The van der Waals surface area contributed by atoms with E-state index in [0.29, 0.717) is 23.3 Å². The molecule has 4 N–H and O–H groups in total. The van der Waals surface area contributed by atoms with E-state index in [1.165, 1.54) is 12.8 Å². The van der Waals surface area contributed by atoms with Gasteiger partial charge in [-0.15, -0.1) is 0 Å². The van der Waals surface area contributed by atoms with Crippen molar-refractivity contribution in [3.63, 3.8) is 0 Å². The second-order valence-corrected chi connectivity index (χ2v) is 5.72. The standard InChI is InChI=1S/C15H22N2O2/c1-9-6-7-13(10(2)8-9)17-14-11(15(18)19)4-3-5-12(14)16/h3-5,9-10,13,17H,6-8,16H2,1-2H3,(H,18,19). The van der Waals surface area contributed by atoms with Gasteiger partial charge in [-0.25, -0.2) is 4.79 Å². The van der Waals surface area contributed by atoms with Crippen LogP contribution in [0.4, 0.5) is 11.4 Å². The number of hydrogen-bond donors (Lipinski definition) is 3. The zero-order valence-corrected chi connectivity index (χ0v) is 11.5. The van der Waals surface area contributed by atoms with Crippen LogP contribution >= 0.6 is 0 Å². The molecule has 0 bridgehead atoms. The van der Waals surface area contributed by atoms with Gasteiger partial charge < -0.3 is 16.2 Å². The van der Waals surface area contributed by atoms with Crippen LogP contribution in [0.15, 0.2) is 18.2 Å². The Kier molecular flexibility index (Phi) is 3.98. The number of benzene rings is 1. The highest BCUT2D eigenvalue weighted by molar-refractivity contribution is 5.97. The predicted octanol–water partition coefficient (Wildman–Crippen LogP) is 3.20. The van der Waals surface area contributed by atoms with Gasteiger partial charge in [0.25, 0.3) is 0 Å². The third kappa shape index (κ3) is 3.00. The monoisotopic (exact) mass is 262 g/mol. The third-order valence-corrected chi connectivity index (χ3v) is 4.09. The van der Waals surface area contributed by atoms with Crippen LogP contribution in [-0.4, -0.2) is 17.1 Å². The molecule has 0 amide bonds. The van der Waals surface area contributed by atoms with E-state index in [1.807, 2.05) is 0 Å². The zero-order chi connectivity index (χ0) is 14.0. The summed E-state index contributed by atoms with van der Waals surface area (Å²) in [4.78, 5) is 11.3. The van der Waals surface area contributed by atoms with Gasteiger partial charge in [0.05, 0.1) is 16.9 Å². The molecule has 4 nitrogen and oxygen atoms in total. The van der Waals surface area contributed by atoms with E-state index in [-0.39, 0.29) is 5.56 Å². The van der Waals surface area contributed by atoms with Crippen molar-refractivity contribution in [2.24, 2.45) is 11.8 Å². The van der Waals surface area contributed by atoms with E-state index in [1.54, 1.807) is 18.2 Å². The van der Waals surface area contributed by atoms with E-state index >= 15 is 0 Å². The normalized spacial score (nSPS) is 26.9. The number of hydrogen-bond acceptors (Lipinski definition) is 3. The second kappa shape index (κ2) is 5.51. The van der Waals surface area contributed by atoms with E-state index < -0.39 is 5.97 Å². The number of aromatic carboxylic acids is 1. The minimum atomic E-state index is -0.938.